The van der Waals surface area contributed by atoms with Gasteiger partial charge >= 0.3 is 0 Å². The topological polar surface area (TPSA) is 112 Å². The van der Waals surface area contributed by atoms with Crippen LogP contribution < -0.4 is 4.31 Å². The van der Waals surface area contributed by atoms with E-state index < -0.39 is 43.5 Å². The largest absolute Gasteiger partial charge is 0.508 e. The fourth-order valence-corrected chi connectivity index (χ4v) is 6.78. The van der Waals surface area contributed by atoms with Crippen LogP contribution in [0.25, 0.3) is 0 Å². The third-order valence-electron chi connectivity index (χ3n) is 4.71. The van der Waals surface area contributed by atoms with Crippen LogP contribution in [-0.4, -0.2) is 50.7 Å². The number of sulfonamides is 1. The standard InChI is InChI=1S/C18H21NO6S2/c1-12-6-7-16(8-13(12)2)27(24,25)19(14-4-3-5-15(20)9-14)17-10-26(22,23)11-18(17)21/h3-9,17-18,20-21H,10-11H2,1-2H3/t17-,18-/m1/s1. The molecule has 2 atom stereocenters. The van der Waals surface area contributed by atoms with E-state index >= 15 is 0 Å². The Morgan fingerprint density at radius 1 is 1.04 bits per heavy atom. The van der Waals surface area contributed by atoms with Gasteiger partial charge in [-0.25, -0.2) is 16.8 Å². The molecule has 2 aromatic carbocycles. The third kappa shape index (κ3) is 3.80. The average molecular weight is 412 g/mol. The lowest BCUT2D eigenvalue weighted by Gasteiger charge is -2.31. The predicted molar refractivity (Wildman–Crippen MR) is 102 cm³/mol. The molecule has 0 spiro atoms. The minimum absolute atomic E-state index is 0.00885. The number of rotatable bonds is 4. The zero-order valence-electron chi connectivity index (χ0n) is 14.9. The van der Waals surface area contributed by atoms with Crippen LogP contribution >= 0.6 is 0 Å². The van der Waals surface area contributed by atoms with Crippen molar-refractivity contribution in [3.05, 3.63) is 53.6 Å². The van der Waals surface area contributed by atoms with E-state index in [1.807, 2.05) is 6.92 Å². The summed E-state index contributed by atoms with van der Waals surface area (Å²) in [5.74, 6) is -1.16. The van der Waals surface area contributed by atoms with E-state index in [1.165, 1.54) is 36.4 Å². The lowest BCUT2D eigenvalue weighted by Crippen LogP contribution is -2.47. The molecule has 0 bridgehead atoms. The zero-order chi connectivity index (χ0) is 20.0. The van der Waals surface area contributed by atoms with Crippen LogP contribution in [0.5, 0.6) is 5.75 Å². The molecule has 1 fully saturated rings. The minimum Gasteiger partial charge on any atom is -0.508 e. The van der Waals surface area contributed by atoms with E-state index in [1.54, 1.807) is 13.0 Å². The van der Waals surface area contributed by atoms with Gasteiger partial charge in [0.2, 0.25) is 0 Å². The van der Waals surface area contributed by atoms with Gasteiger partial charge in [-0.05, 0) is 49.2 Å². The lowest BCUT2D eigenvalue weighted by molar-refractivity contribution is 0.184. The maximum Gasteiger partial charge on any atom is 0.264 e. The number of sulfone groups is 1. The van der Waals surface area contributed by atoms with Gasteiger partial charge in [0.05, 0.1) is 34.2 Å². The summed E-state index contributed by atoms with van der Waals surface area (Å²) in [6.45, 7) is 3.63. The average Bonchev–Trinajstić information content (AvgIpc) is 2.82. The highest BCUT2D eigenvalue weighted by Gasteiger charge is 2.45. The van der Waals surface area contributed by atoms with Crippen molar-refractivity contribution in [3.63, 3.8) is 0 Å². The molecule has 7 nitrogen and oxygen atoms in total. The molecule has 146 valence electrons. The first-order valence-corrected chi connectivity index (χ1v) is 11.6. The third-order valence-corrected chi connectivity index (χ3v) is 8.26. The van der Waals surface area contributed by atoms with Crippen molar-refractivity contribution in [3.8, 4) is 5.75 Å². The fraction of sp³-hybridized carbons (Fsp3) is 0.333. The van der Waals surface area contributed by atoms with Crippen molar-refractivity contribution in [1.82, 2.24) is 0 Å². The highest BCUT2D eigenvalue weighted by molar-refractivity contribution is 7.93. The number of aryl methyl sites for hydroxylation is 2. The van der Waals surface area contributed by atoms with Gasteiger partial charge in [-0.1, -0.05) is 12.1 Å². The van der Waals surface area contributed by atoms with Crippen molar-refractivity contribution in [2.24, 2.45) is 0 Å². The van der Waals surface area contributed by atoms with Crippen molar-refractivity contribution in [2.45, 2.75) is 30.9 Å². The first-order valence-electron chi connectivity index (χ1n) is 8.30. The number of hydrogen-bond acceptors (Lipinski definition) is 6. The second kappa shape index (κ2) is 6.81. The molecule has 0 radical (unpaired) electrons. The van der Waals surface area contributed by atoms with E-state index in [0.717, 1.165) is 15.4 Å². The summed E-state index contributed by atoms with van der Waals surface area (Å²) in [5, 5.41) is 20.1. The van der Waals surface area contributed by atoms with Gasteiger partial charge in [0.25, 0.3) is 10.0 Å². The molecule has 0 amide bonds. The van der Waals surface area contributed by atoms with E-state index in [0.29, 0.717) is 0 Å². The second-order valence-electron chi connectivity index (χ2n) is 6.78. The minimum atomic E-state index is -4.18. The molecule has 1 heterocycles. The molecule has 3 rings (SSSR count). The van der Waals surface area contributed by atoms with E-state index in [9.17, 15) is 27.0 Å². The molecule has 1 aliphatic rings. The monoisotopic (exact) mass is 411 g/mol. The molecular formula is C18H21NO6S2. The molecule has 27 heavy (non-hydrogen) atoms. The second-order valence-corrected chi connectivity index (χ2v) is 10.7. The smallest absolute Gasteiger partial charge is 0.264 e. The molecule has 9 heteroatoms. The van der Waals surface area contributed by atoms with Gasteiger partial charge in [-0.3, -0.25) is 4.31 Å². The summed E-state index contributed by atoms with van der Waals surface area (Å²) in [5.41, 5.74) is 1.78. The number of phenolic OH excluding ortho intramolecular Hbond substituents is 1. The van der Waals surface area contributed by atoms with Gasteiger partial charge in [0.15, 0.2) is 9.84 Å². The van der Waals surface area contributed by atoms with E-state index in [2.05, 4.69) is 0 Å². The summed E-state index contributed by atoms with van der Waals surface area (Å²) in [4.78, 5) is -0.00885. The van der Waals surface area contributed by atoms with Crippen LogP contribution in [0.1, 0.15) is 11.1 Å². The summed E-state index contributed by atoms with van der Waals surface area (Å²) >= 11 is 0. The van der Waals surface area contributed by atoms with Crippen LogP contribution in [0.3, 0.4) is 0 Å². The first-order chi connectivity index (χ1) is 12.5. The van der Waals surface area contributed by atoms with Gasteiger partial charge in [-0.15, -0.1) is 0 Å². The molecular weight excluding hydrogens is 390 g/mol. The highest BCUT2D eigenvalue weighted by atomic mass is 32.2. The zero-order valence-corrected chi connectivity index (χ0v) is 16.5. The van der Waals surface area contributed by atoms with Crippen molar-refractivity contribution in [1.29, 1.82) is 0 Å². The summed E-state index contributed by atoms with van der Waals surface area (Å²) in [6, 6.07) is 8.98. The summed E-state index contributed by atoms with van der Waals surface area (Å²) in [7, 11) is -7.76. The normalized spacial score (nSPS) is 21.9. The lowest BCUT2D eigenvalue weighted by atomic mass is 10.1. The van der Waals surface area contributed by atoms with Crippen molar-refractivity contribution in [2.75, 3.05) is 15.8 Å². The van der Waals surface area contributed by atoms with Gasteiger partial charge in [0.1, 0.15) is 5.75 Å². The fourth-order valence-electron chi connectivity index (χ4n) is 3.16. The molecule has 0 unspecified atom stereocenters. The van der Waals surface area contributed by atoms with Crippen LogP contribution in [-0.2, 0) is 19.9 Å². The summed E-state index contributed by atoms with van der Waals surface area (Å²) < 4.78 is 51.7. The number of hydrogen-bond donors (Lipinski definition) is 2. The Bertz CT molecular complexity index is 1080. The number of nitrogens with zero attached hydrogens (tertiary/aromatic N) is 1. The Labute approximate surface area is 158 Å². The Kier molecular flexibility index (Phi) is 4.96. The number of aromatic hydroxyl groups is 1. The molecule has 2 aromatic rings. The SMILES string of the molecule is Cc1ccc(S(=O)(=O)N(c2cccc(O)c2)[C@@H]2CS(=O)(=O)C[C@H]2O)cc1C. The van der Waals surface area contributed by atoms with Crippen LogP contribution in [0.15, 0.2) is 47.4 Å². The maximum atomic E-state index is 13.4. The van der Waals surface area contributed by atoms with Crippen LogP contribution in [0, 0.1) is 13.8 Å². The van der Waals surface area contributed by atoms with E-state index in [-0.39, 0.29) is 16.3 Å². The number of aliphatic hydroxyl groups is 1. The molecule has 2 N–H and O–H groups in total. The van der Waals surface area contributed by atoms with Crippen LogP contribution in [0.2, 0.25) is 0 Å². The quantitative estimate of drug-likeness (QED) is 0.786. The van der Waals surface area contributed by atoms with Gasteiger partial charge in [-0.2, -0.15) is 0 Å². The number of anilines is 1. The first kappa shape index (κ1) is 19.7. The highest BCUT2D eigenvalue weighted by Crippen LogP contribution is 2.33. The molecule has 0 saturated carbocycles. The Balaban J connectivity index is 2.19. The molecule has 0 aliphatic carbocycles. The van der Waals surface area contributed by atoms with Gasteiger partial charge in [0, 0.05) is 6.07 Å². The molecule has 1 aliphatic heterocycles. The Hall–Kier alpha value is -2.10. The molecule has 1 saturated heterocycles. The van der Waals surface area contributed by atoms with Gasteiger partial charge < -0.3 is 10.2 Å². The van der Waals surface area contributed by atoms with Crippen molar-refractivity contribution >= 4 is 25.5 Å². The van der Waals surface area contributed by atoms with E-state index in [4.69, 9.17) is 0 Å². The Morgan fingerprint density at radius 3 is 2.30 bits per heavy atom. The van der Waals surface area contributed by atoms with Crippen molar-refractivity contribution < 1.29 is 27.0 Å². The Morgan fingerprint density at radius 2 is 1.74 bits per heavy atom. The number of phenols is 1. The maximum absolute atomic E-state index is 13.4. The predicted octanol–water partition coefficient (Wildman–Crippen LogP) is 1.36. The summed E-state index contributed by atoms with van der Waals surface area (Å²) in [6.07, 6.45) is -1.36. The van der Waals surface area contributed by atoms with Crippen LogP contribution in [0.4, 0.5) is 5.69 Å². The number of aliphatic hydroxyl groups excluding tert-OH is 1. The molecule has 0 aromatic heterocycles. The number of benzene rings is 2.